The maximum Gasteiger partial charge on any atom is 0.573 e. The van der Waals surface area contributed by atoms with E-state index in [0.717, 1.165) is 26.0 Å². The zero-order valence-corrected chi connectivity index (χ0v) is 18.0. The molecular formula is C19H11ClF3NNaOS. The van der Waals surface area contributed by atoms with Crippen LogP contribution < -0.4 is 4.74 Å². The van der Waals surface area contributed by atoms with Crippen LogP contribution in [-0.4, -0.2) is 40.9 Å². The number of rotatable bonds is 2. The minimum atomic E-state index is -4.74. The predicted octanol–water partition coefficient (Wildman–Crippen LogP) is 6.60. The summed E-state index contributed by atoms with van der Waals surface area (Å²) in [5, 5.41) is 2.49. The van der Waals surface area contributed by atoms with Crippen molar-refractivity contribution in [3.63, 3.8) is 0 Å². The molecule has 0 N–H and O–H groups in total. The number of fused-ring (bicyclic) bond motifs is 3. The van der Waals surface area contributed by atoms with Crippen molar-refractivity contribution in [1.82, 2.24) is 4.98 Å². The first-order chi connectivity index (χ1) is 12.3. The van der Waals surface area contributed by atoms with E-state index >= 15 is 0 Å². The Hall–Kier alpha value is -1.31. The molecule has 4 aromatic rings. The number of aromatic nitrogens is 1. The van der Waals surface area contributed by atoms with Gasteiger partial charge >= 0.3 is 6.36 Å². The maximum atomic E-state index is 12.7. The van der Waals surface area contributed by atoms with Crippen LogP contribution in [-0.2, 0) is 0 Å². The van der Waals surface area contributed by atoms with Gasteiger partial charge in [0.25, 0.3) is 0 Å². The van der Waals surface area contributed by atoms with Gasteiger partial charge in [-0.1, -0.05) is 41.9 Å². The number of thiophene rings is 1. The molecule has 133 valence electrons. The second-order valence-corrected chi connectivity index (χ2v) is 7.20. The Balaban J connectivity index is 0.00000210. The number of halogens is 4. The van der Waals surface area contributed by atoms with E-state index in [9.17, 15) is 13.2 Å². The molecule has 2 aromatic carbocycles. The fraction of sp³-hybridized carbons (Fsp3) is 0.105. The first kappa shape index (κ1) is 20.4. The van der Waals surface area contributed by atoms with Crippen molar-refractivity contribution in [2.45, 2.75) is 13.3 Å². The molecular weight excluding hydrogens is 406 g/mol. The van der Waals surface area contributed by atoms with Crippen LogP contribution in [0.25, 0.3) is 31.4 Å². The number of nitrogens with zero attached hydrogens (tertiary/aromatic N) is 1. The first-order valence-electron chi connectivity index (χ1n) is 7.66. The molecule has 0 unspecified atom stereocenters. The number of aryl methyl sites for hydroxylation is 1. The molecule has 4 rings (SSSR count). The minimum absolute atomic E-state index is 0. The smallest absolute Gasteiger partial charge is 0.405 e. The summed E-state index contributed by atoms with van der Waals surface area (Å²) in [6.07, 6.45) is -4.74. The van der Waals surface area contributed by atoms with Crippen LogP contribution in [0.1, 0.15) is 5.69 Å². The number of hydrogen-bond acceptors (Lipinski definition) is 3. The summed E-state index contributed by atoms with van der Waals surface area (Å²) in [6, 6.07) is 13.5. The molecule has 0 aliphatic heterocycles. The van der Waals surface area contributed by atoms with Gasteiger partial charge in [0.15, 0.2) is 0 Å². The molecule has 8 heteroatoms. The Morgan fingerprint density at radius 1 is 1.04 bits per heavy atom. The molecule has 2 nitrogen and oxygen atoms in total. The number of benzene rings is 2. The fourth-order valence-corrected chi connectivity index (χ4v) is 4.14. The number of para-hydroxylation sites is 1. The van der Waals surface area contributed by atoms with Gasteiger partial charge in [0, 0.05) is 50.6 Å². The zero-order chi connectivity index (χ0) is 18.5. The number of hydrogen-bond donors (Lipinski definition) is 0. The molecule has 27 heavy (non-hydrogen) atoms. The molecule has 0 spiro atoms. The van der Waals surface area contributed by atoms with E-state index < -0.39 is 6.36 Å². The standard InChI is InChI=1S/C19H11ClF3NOS.Na/c1-10-15(20)9-14-13-7-6-11(8-17(13)26-18(14)24-10)12-4-2-3-5-16(12)25-19(21,22)23;/h2-9H,1H3;. The van der Waals surface area contributed by atoms with E-state index in [1.165, 1.54) is 23.5 Å². The number of alkyl halides is 3. The average Bonchev–Trinajstić information content (AvgIpc) is 2.91. The van der Waals surface area contributed by atoms with Crippen molar-refractivity contribution in [2.75, 3.05) is 0 Å². The van der Waals surface area contributed by atoms with E-state index in [1.54, 1.807) is 18.2 Å². The molecule has 0 saturated heterocycles. The Bertz CT molecular complexity index is 1140. The van der Waals surface area contributed by atoms with Crippen LogP contribution in [0.5, 0.6) is 5.75 Å². The molecule has 2 aromatic heterocycles. The minimum Gasteiger partial charge on any atom is -0.405 e. The van der Waals surface area contributed by atoms with Crippen molar-refractivity contribution < 1.29 is 17.9 Å². The van der Waals surface area contributed by atoms with Crippen molar-refractivity contribution in [3.8, 4) is 16.9 Å². The van der Waals surface area contributed by atoms with Gasteiger partial charge in [-0.05, 0) is 30.7 Å². The summed E-state index contributed by atoms with van der Waals surface area (Å²) >= 11 is 7.65. The van der Waals surface area contributed by atoms with Gasteiger partial charge in [0.2, 0.25) is 0 Å². The van der Waals surface area contributed by atoms with Gasteiger partial charge < -0.3 is 4.74 Å². The van der Waals surface area contributed by atoms with Crippen LogP contribution in [0.2, 0.25) is 5.02 Å². The third kappa shape index (κ3) is 4.10. The molecule has 0 aliphatic carbocycles. The summed E-state index contributed by atoms with van der Waals surface area (Å²) in [5.74, 6) is -0.225. The molecule has 0 fully saturated rings. The Labute approximate surface area is 184 Å². The van der Waals surface area contributed by atoms with Crippen LogP contribution in [0.15, 0.2) is 48.5 Å². The Kier molecular flexibility index (Phi) is 5.75. The number of pyridine rings is 1. The van der Waals surface area contributed by atoms with E-state index in [4.69, 9.17) is 11.6 Å². The molecule has 0 amide bonds. The normalized spacial score (nSPS) is 11.6. The fourth-order valence-electron chi connectivity index (χ4n) is 2.85. The molecule has 0 bridgehead atoms. The topological polar surface area (TPSA) is 22.1 Å². The van der Waals surface area contributed by atoms with Crippen LogP contribution in [0.4, 0.5) is 13.2 Å². The van der Waals surface area contributed by atoms with Gasteiger partial charge in [-0.3, -0.25) is 0 Å². The van der Waals surface area contributed by atoms with Crippen LogP contribution >= 0.6 is 22.9 Å². The SMILES string of the molecule is Cc1nc2sc3cc(-c4ccccc4OC(F)(F)F)ccc3c2cc1Cl.[Na]. The van der Waals surface area contributed by atoms with Crippen molar-refractivity contribution in [3.05, 3.63) is 59.2 Å². The van der Waals surface area contributed by atoms with Gasteiger partial charge in [-0.15, -0.1) is 24.5 Å². The van der Waals surface area contributed by atoms with Crippen molar-refractivity contribution >= 4 is 72.8 Å². The number of ether oxygens (including phenoxy) is 1. The van der Waals surface area contributed by atoms with Crippen LogP contribution in [0.3, 0.4) is 0 Å². The molecule has 2 heterocycles. The summed E-state index contributed by atoms with van der Waals surface area (Å²) in [7, 11) is 0. The largest absolute Gasteiger partial charge is 0.573 e. The summed E-state index contributed by atoms with van der Waals surface area (Å²) in [5.41, 5.74) is 1.77. The van der Waals surface area contributed by atoms with Gasteiger partial charge in [-0.2, -0.15) is 0 Å². The third-order valence-corrected chi connectivity index (χ3v) is 5.46. The Morgan fingerprint density at radius 2 is 1.78 bits per heavy atom. The second kappa shape index (κ2) is 7.60. The quantitative estimate of drug-likeness (QED) is 0.344. The maximum absolute atomic E-state index is 12.7. The van der Waals surface area contributed by atoms with E-state index in [1.807, 2.05) is 25.1 Å². The summed E-state index contributed by atoms with van der Waals surface area (Å²) in [6.45, 7) is 1.84. The average molecular weight is 417 g/mol. The van der Waals surface area contributed by atoms with Crippen molar-refractivity contribution in [2.24, 2.45) is 0 Å². The van der Waals surface area contributed by atoms with Crippen molar-refractivity contribution in [1.29, 1.82) is 0 Å². The van der Waals surface area contributed by atoms with Crippen LogP contribution in [0, 0.1) is 6.92 Å². The monoisotopic (exact) mass is 416 g/mol. The summed E-state index contributed by atoms with van der Waals surface area (Å²) in [4.78, 5) is 5.34. The van der Waals surface area contributed by atoms with E-state index in [0.29, 0.717) is 16.1 Å². The molecule has 1 radical (unpaired) electrons. The molecule has 0 aliphatic rings. The van der Waals surface area contributed by atoms with Gasteiger partial charge in [0.1, 0.15) is 10.6 Å². The molecule has 0 saturated carbocycles. The third-order valence-electron chi connectivity index (χ3n) is 4.02. The molecule has 0 atom stereocenters. The van der Waals surface area contributed by atoms with E-state index in [-0.39, 0.29) is 35.3 Å². The first-order valence-corrected chi connectivity index (χ1v) is 8.86. The summed E-state index contributed by atoms with van der Waals surface area (Å²) < 4.78 is 43.1. The Morgan fingerprint density at radius 3 is 2.52 bits per heavy atom. The predicted molar refractivity (Wildman–Crippen MR) is 105 cm³/mol. The van der Waals surface area contributed by atoms with E-state index in [2.05, 4.69) is 9.72 Å². The zero-order valence-electron chi connectivity index (χ0n) is 14.4. The van der Waals surface area contributed by atoms with Gasteiger partial charge in [0.05, 0.1) is 10.7 Å². The second-order valence-electron chi connectivity index (χ2n) is 5.77. The van der Waals surface area contributed by atoms with Gasteiger partial charge in [-0.25, -0.2) is 4.98 Å².